The lowest BCUT2D eigenvalue weighted by Crippen LogP contribution is -2.36. The van der Waals surface area contributed by atoms with Crippen LogP contribution in [0.15, 0.2) is 77.6 Å². The van der Waals surface area contributed by atoms with E-state index in [2.05, 4.69) is 39.5 Å². The number of benzene rings is 3. The van der Waals surface area contributed by atoms with E-state index in [9.17, 15) is 4.79 Å². The Morgan fingerprint density at radius 3 is 2.62 bits per heavy atom. The summed E-state index contributed by atoms with van der Waals surface area (Å²) in [6, 6.07) is 24.1. The Bertz CT molecular complexity index is 1470. The Morgan fingerprint density at radius 2 is 1.81 bits per heavy atom. The molecule has 7 heteroatoms. The monoisotopic (exact) mass is 495 g/mol. The van der Waals surface area contributed by atoms with Gasteiger partial charge in [0, 0.05) is 54.6 Å². The number of anilines is 2. The Hall–Kier alpha value is -4.23. The molecule has 0 spiro atoms. The quantitative estimate of drug-likeness (QED) is 0.337. The maximum absolute atomic E-state index is 12.6. The van der Waals surface area contributed by atoms with Crippen molar-refractivity contribution in [3.05, 3.63) is 99.8 Å². The first-order valence-corrected chi connectivity index (χ1v) is 12.5. The third kappa shape index (κ3) is 4.90. The van der Waals surface area contributed by atoms with Crippen LogP contribution in [0.2, 0.25) is 0 Å². The first-order chi connectivity index (χ1) is 18.2. The largest absolute Gasteiger partial charge is 0.497 e. The van der Waals surface area contributed by atoms with Crippen LogP contribution >= 0.6 is 0 Å². The lowest BCUT2D eigenvalue weighted by molar-refractivity contribution is 0.122. The average molecular weight is 496 g/mol. The molecular formula is C30H29N3O4. The molecule has 1 aromatic heterocycles. The van der Waals surface area contributed by atoms with Gasteiger partial charge >= 0.3 is 0 Å². The lowest BCUT2D eigenvalue weighted by Gasteiger charge is -2.29. The molecule has 0 aliphatic carbocycles. The number of H-pyrrole nitrogens is 1. The molecule has 0 amide bonds. The van der Waals surface area contributed by atoms with E-state index in [4.69, 9.17) is 14.2 Å². The van der Waals surface area contributed by atoms with Gasteiger partial charge in [-0.2, -0.15) is 0 Å². The second kappa shape index (κ2) is 10.0. The molecule has 3 heterocycles. The van der Waals surface area contributed by atoms with Crippen LogP contribution in [-0.4, -0.2) is 38.4 Å². The zero-order valence-electron chi connectivity index (χ0n) is 20.8. The molecule has 1 saturated heterocycles. The predicted molar refractivity (Wildman–Crippen MR) is 145 cm³/mol. The number of hydrogen-bond acceptors (Lipinski definition) is 6. The zero-order chi connectivity index (χ0) is 25.2. The number of pyridine rings is 1. The fraction of sp³-hybridized carbons (Fsp3) is 0.233. The van der Waals surface area contributed by atoms with Crippen LogP contribution in [0.3, 0.4) is 0 Å². The molecule has 0 bridgehead atoms. The van der Waals surface area contributed by atoms with Gasteiger partial charge in [0.1, 0.15) is 17.2 Å². The Balaban J connectivity index is 1.24. The predicted octanol–water partition coefficient (Wildman–Crippen LogP) is 5.20. The van der Waals surface area contributed by atoms with E-state index in [0.717, 1.165) is 77.1 Å². The molecule has 6 rings (SSSR count). The van der Waals surface area contributed by atoms with Crippen molar-refractivity contribution in [1.82, 2.24) is 4.98 Å². The lowest BCUT2D eigenvalue weighted by atomic mass is 9.96. The SMILES string of the molecule is COc1ccc(CNc2ccc3c(c2)Cc2cccc(-c4cc(N5CCOCC5)cc(=O)[nH]4)c2O3)cc1. The number of hydrogen-bond donors (Lipinski definition) is 2. The number of fused-ring (bicyclic) bond motifs is 2. The maximum Gasteiger partial charge on any atom is 0.250 e. The highest BCUT2D eigenvalue weighted by atomic mass is 16.5. The molecule has 2 aliphatic rings. The Labute approximate surface area is 215 Å². The van der Waals surface area contributed by atoms with Crippen LogP contribution < -0.4 is 25.2 Å². The molecule has 0 saturated carbocycles. The van der Waals surface area contributed by atoms with Gasteiger partial charge in [-0.1, -0.05) is 24.3 Å². The smallest absolute Gasteiger partial charge is 0.250 e. The van der Waals surface area contributed by atoms with Crippen molar-refractivity contribution in [3.8, 4) is 28.5 Å². The highest BCUT2D eigenvalue weighted by Crippen LogP contribution is 2.43. The normalized spacial score (nSPS) is 14.4. The van der Waals surface area contributed by atoms with Crippen LogP contribution in [0.4, 0.5) is 11.4 Å². The number of rotatable bonds is 6. The summed E-state index contributed by atoms with van der Waals surface area (Å²) in [6.45, 7) is 3.60. The summed E-state index contributed by atoms with van der Waals surface area (Å²) in [7, 11) is 1.67. The summed E-state index contributed by atoms with van der Waals surface area (Å²) < 4.78 is 17.1. The number of aromatic amines is 1. The van der Waals surface area contributed by atoms with E-state index in [1.54, 1.807) is 13.2 Å². The van der Waals surface area contributed by atoms with Gasteiger partial charge in [-0.25, -0.2) is 0 Å². The van der Waals surface area contributed by atoms with Crippen LogP contribution in [0.1, 0.15) is 16.7 Å². The number of morpholine rings is 1. The van der Waals surface area contributed by atoms with Crippen molar-refractivity contribution in [3.63, 3.8) is 0 Å². The van der Waals surface area contributed by atoms with Crippen LogP contribution in [-0.2, 0) is 17.7 Å². The van der Waals surface area contributed by atoms with Gasteiger partial charge in [-0.3, -0.25) is 4.79 Å². The fourth-order valence-electron chi connectivity index (χ4n) is 4.92. The summed E-state index contributed by atoms with van der Waals surface area (Å²) in [4.78, 5) is 17.8. The summed E-state index contributed by atoms with van der Waals surface area (Å²) in [5.74, 6) is 2.48. The summed E-state index contributed by atoms with van der Waals surface area (Å²) in [5.41, 5.74) is 6.86. The van der Waals surface area contributed by atoms with E-state index in [-0.39, 0.29) is 5.56 Å². The molecule has 7 nitrogen and oxygen atoms in total. The van der Waals surface area contributed by atoms with Gasteiger partial charge in [-0.05, 0) is 53.6 Å². The average Bonchev–Trinajstić information content (AvgIpc) is 2.95. The molecule has 3 aromatic carbocycles. The molecule has 2 aliphatic heterocycles. The minimum absolute atomic E-state index is 0.125. The maximum atomic E-state index is 12.6. The van der Waals surface area contributed by atoms with Crippen LogP contribution in [0, 0.1) is 0 Å². The summed E-state index contributed by atoms with van der Waals surface area (Å²) >= 11 is 0. The second-order valence-electron chi connectivity index (χ2n) is 9.31. The molecule has 0 radical (unpaired) electrons. The highest BCUT2D eigenvalue weighted by molar-refractivity contribution is 5.74. The molecule has 188 valence electrons. The van der Waals surface area contributed by atoms with Gasteiger partial charge in [-0.15, -0.1) is 0 Å². The van der Waals surface area contributed by atoms with Gasteiger partial charge in [0.15, 0.2) is 0 Å². The first kappa shape index (κ1) is 23.2. The Morgan fingerprint density at radius 1 is 0.973 bits per heavy atom. The van der Waals surface area contributed by atoms with E-state index < -0.39 is 0 Å². The molecule has 0 atom stereocenters. The summed E-state index contributed by atoms with van der Waals surface area (Å²) in [5, 5.41) is 3.50. The number of aromatic nitrogens is 1. The van der Waals surface area contributed by atoms with Crippen molar-refractivity contribution in [1.29, 1.82) is 0 Å². The highest BCUT2D eigenvalue weighted by Gasteiger charge is 2.22. The van der Waals surface area contributed by atoms with Crippen molar-refractivity contribution in [2.75, 3.05) is 43.6 Å². The van der Waals surface area contributed by atoms with Crippen molar-refractivity contribution < 1.29 is 14.2 Å². The summed E-state index contributed by atoms with van der Waals surface area (Å²) in [6.07, 6.45) is 0.754. The zero-order valence-corrected chi connectivity index (χ0v) is 20.8. The Kier molecular flexibility index (Phi) is 6.28. The number of methoxy groups -OCH3 is 1. The van der Waals surface area contributed by atoms with Gasteiger partial charge in [0.25, 0.3) is 0 Å². The van der Waals surface area contributed by atoms with Crippen LogP contribution in [0.25, 0.3) is 11.3 Å². The van der Waals surface area contributed by atoms with E-state index in [1.165, 1.54) is 5.56 Å². The molecular weight excluding hydrogens is 466 g/mol. The number of para-hydroxylation sites is 1. The number of nitrogens with zero attached hydrogens (tertiary/aromatic N) is 1. The van der Waals surface area contributed by atoms with Crippen LogP contribution in [0.5, 0.6) is 17.2 Å². The van der Waals surface area contributed by atoms with E-state index in [0.29, 0.717) is 13.2 Å². The minimum atomic E-state index is -0.125. The third-order valence-corrected chi connectivity index (χ3v) is 6.90. The third-order valence-electron chi connectivity index (χ3n) is 6.90. The van der Waals surface area contributed by atoms with Gasteiger partial charge in [0.05, 0.1) is 26.0 Å². The van der Waals surface area contributed by atoms with E-state index >= 15 is 0 Å². The fourth-order valence-corrected chi connectivity index (χ4v) is 4.92. The molecule has 4 aromatic rings. The van der Waals surface area contributed by atoms with Crippen molar-refractivity contribution in [2.24, 2.45) is 0 Å². The van der Waals surface area contributed by atoms with E-state index in [1.807, 2.05) is 42.5 Å². The second-order valence-corrected chi connectivity index (χ2v) is 9.31. The van der Waals surface area contributed by atoms with Crippen molar-refractivity contribution >= 4 is 11.4 Å². The molecule has 37 heavy (non-hydrogen) atoms. The standard InChI is InChI=1S/C30H29N3O4/c1-35-25-8-5-20(6-9-25)19-31-23-7-10-28-22(16-23)15-21-3-2-4-26(30(21)37-28)27-17-24(18-29(34)32-27)33-11-13-36-14-12-33/h2-10,16-18,31H,11-15,19H2,1H3,(H,32,34). The van der Waals surface area contributed by atoms with Gasteiger partial charge in [0.2, 0.25) is 5.56 Å². The molecule has 0 unspecified atom stereocenters. The number of nitrogens with one attached hydrogen (secondary N) is 2. The number of ether oxygens (including phenoxy) is 3. The molecule has 1 fully saturated rings. The minimum Gasteiger partial charge on any atom is -0.497 e. The van der Waals surface area contributed by atoms with Crippen molar-refractivity contribution in [2.45, 2.75) is 13.0 Å². The molecule has 2 N–H and O–H groups in total. The van der Waals surface area contributed by atoms with Gasteiger partial charge < -0.3 is 29.4 Å². The topological polar surface area (TPSA) is 75.8 Å². The first-order valence-electron chi connectivity index (χ1n) is 12.5.